The fourth-order valence-electron chi connectivity index (χ4n) is 3.78. The molecular weight excluding hydrogens is 518 g/mol. The molecule has 0 atom stereocenters. The summed E-state index contributed by atoms with van der Waals surface area (Å²) in [7, 11) is 1.52. The summed E-state index contributed by atoms with van der Waals surface area (Å²) in [5.74, 6) is -0.198. The lowest BCUT2D eigenvalue weighted by molar-refractivity contribution is -0.122. The van der Waals surface area contributed by atoms with Crippen molar-refractivity contribution >= 4 is 40.6 Å². The van der Waals surface area contributed by atoms with E-state index in [1.54, 1.807) is 47.6 Å². The highest BCUT2D eigenvalue weighted by Crippen LogP contribution is 2.36. The van der Waals surface area contributed by atoms with E-state index in [1.165, 1.54) is 24.9 Å². The van der Waals surface area contributed by atoms with Crippen LogP contribution in [0, 0.1) is 0 Å². The number of nitrogens with zero attached hydrogens (tertiary/aromatic N) is 3. The highest BCUT2D eigenvalue weighted by atomic mass is 32.2. The molecule has 0 aliphatic carbocycles. The predicted molar refractivity (Wildman–Crippen MR) is 147 cm³/mol. The summed E-state index contributed by atoms with van der Waals surface area (Å²) in [6, 6.07) is 21.4. The molecule has 0 spiro atoms. The van der Waals surface area contributed by atoms with Crippen molar-refractivity contribution in [3.63, 3.8) is 0 Å². The number of ether oxygens (including phenoxy) is 2. The van der Waals surface area contributed by atoms with Gasteiger partial charge in [0.2, 0.25) is 5.76 Å². The number of pyridine rings is 1. The first-order valence-electron chi connectivity index (χ1n) is 11.9. The topological polar surface area (TPSA) is 114 Å². The first-order chi connectivity index (χ1) is 19.0. The van der Waals surface area contributed by atoms with Gasteiger partial charge >= 0.3 is 5.97 Å². The van der Waals surface area contributed by atoms with Gasteiger partial charge in [-0.3, -0.25) is 14.7 Å². The van der Waals surface area contributed by atoms with Gasteiger partial charge in [-0.25, -0.2) is 9.79 Å². The lowest BCUT2D eigenvalue weighted by atomic mass is 10.1. The second-order valence-electron chi connectivity index (χ2n) is 8.36. The van der Waals surface area contributed by atoms with E-state index in [0.29, 0.717) is 33.9 Å². The Hall–Kier alpha value is -4.83. The SMILES string of the molecule is COc1cc(/C=C2\SC(=Nc3ccccc3)N(Cc3cccnc3)C2=O)ccc1OCc1ccc(C(=O)O)o1. The van der Waals surface area contributed by atoms with Crippen LogP contribution in [-0.2, 0) is 17.9 Å². The van der Waals surface area contributed by atoms with Crippen molar-refractivity contribution in [2.24, 2.45) is 4.99 Å². The number of para-hydroxylation sites is 1. The number of carbonyl (C=O) groups is 2. The van der Waals surface area contributed by atoms with Gasteiger partial charge in [0.1, 0.15) is 12.4 Å². The molecule has 4 aromatic rings. The van der Waals surface area contributed by atoms with Crippen molar-refractivity contribution in [1.29, 1.82) is 0 Å². The number of hydrogen-bond acceptors (Lipinski definition) is 8. The maximum absolute atomic E-state index is 13.5. The van der Waals surface area contributed by atoms with Gasteiger partial charge < -0.3 is 19.0 Å². The van der Waals surface area contributed by atoms with Crippen LogP contribution in [-0.4, -0.2) is 39.1 Å². The number of aromatic nitrogens is 1. The summed E-state index contributed by atoms with van der Waals surface area (Å²) in [5, 5.41) is 9.59. The van der Waals surface area contributed by atoms with Gasteiger partial charge in [-0.05, 0) is 71.4 Å². The number of hydrogen-bond donors (Lipinski definition) is 1. The van der Waals surface area contributed by atoms with Gasteiger partial charge in [0, 0.05) is 12.4 Å². The highest BCUT2D eigenvalue weighted by molar-refractivity contribution is 8.18. The molecule has 5 rings (SSSR count). The average Bonchev–Trinajstić information content (AvgIpc) is 3.54. The first kappa shape index (κ1) is 25.8. The number of thioether (sulfide) groups is 1. The zero-order valence-corrected chi connectivity index (χ0v) is 21.6. The molecule has 0 radical (unpaired) electrons. The van der Waals surface area contributed by atoms with E-state index in [4.69, 9.17) is 24.0 Å². The Balaban J connectivity index is 1.38. The number of methoxy groups -OCH3 is 1. The van der Waals surface area contributed by atoms with Crippen molar-refractivity contribution in [2.75, 3.05) is 7.11 Å². The zero-order valence-electron chi connectivity index (χ0n) is 20.8. The molecular formula is C29H23N3O6S. The van der Waals surface area contributed by atoms with Crippen LogP contribution in [0.2, 0.25) is 0 Å². The van der Waals surface area contributed by atoms with E-state index < -0.39 is 5.97 Å². The van der Waals surface area contributed by atoms with Crippen LogP contribution in [0.4, 0.5) is 5.69 Å². The standard InChI is InChI=1S/C29H23N3O6S/c1-36-25-14-19(9-11-23(25)37-18-22-10-12-24(38-22)28(34)35)15-26-27(33)32(17-20-6-5-13-30-16-20)29(39-26)31-21-7-3-2-4-8-21/h2-16H,17-18H2,1H3,(H,34,35)/b26-15-,31-29?. The van der Waals surface area contributed by atoms with Gasteiger partial charge in [-0.1, -0.05) is 30.3 Å². The molecule has 1 aliphatic rings. The highest BCUT2D eigenvalue weighted by Gasteiger charge is 2.33. The van der Waals surface area contributed by atoms with Crippen molar-refractivity contribution in [2.45, 2.75) is 13.2 Å². The van der Waals surface area contributed by atoms with E-state index in [1.807, 2.05) is 42.5 Å². The molecule has 1 amide bonds. The molecule has 1 aliphatic heterocycles. The number of amides is 1. The number of rotatable bonds is 9. The smallest absolute Gasteiger partial charge is 0.371 e. The Kier molecular flexibility index (Phi) is 7.74. The molecule has 1 fully saturated rings. The minimum absolute atomic E-state index is 0.0288. The van der Waals surface area contributed by atoms with Crippen molar-refractivity contribution in [3.8, 4) is 11.5 Å². The maximum Gasteiger partial charge on any atom is 0.371 e. The Morgan fingerprint density at radius 3 is 2.67 bits per heavy atom. The largest absolute Gasteiger partial charge is 0.493 e. The second kappa shape index (κ2) is 11.7. The summed E-state index contributed by atoms with van der Waals surface area (Å²) in [6.07, 6.45) is 5.21. The van der Waals surface area contributed by atoms with Crippen LogP contribution < -0.4 is 9.47 Å². The number of furan rings is 1. The monoisotopic (exact) mass is 541 g/mol. The Bertz CT molecular complexity index is 1550. The Labute approximate surface area is 228 Å². The zero-order chi connectivity index (χ0) is 27.2. The van der Waals surface area contributed by atoms with Gasteiger partial charge in [0.25, 0.3) is 5.91 Å². The average molecular weight is 542 g/mol. The lowest BCUT2D eigenvalue weighted by Gasteiger charge is -2.15. The normalized spacial score (nSPS) is 15.2. The molecule has 1 N–H and O–H groups in total. The fourth-order valence-corrected chi connectivity index (χ4v) is 4.78. The van der Waals surface area contributed by atoms with Gasteiger partial charge in [-0.15, -0.1) is 0 Å². The van der Waals surface area contributed by atoms with Gasteiger partial charge in [0.15, 0.2) is 16.7 Å². The number of carbonyl (C=O) groups excluding carboxylic acids is 1. The molecule has 2 aromatic carbocycles. The fraction of sp³-hybridized carbons (Fsp3) is 0.103. The minimum Gasteiger partial charge on any atom is -0.493 e. The molecule has 0 saturated carbocycles. The lowest BCUT2D eigenvalue weighted by Crippen LogP contribution is -2.28. The molecule has 1 saturated heterocycles. The predicted octanol–water partition coefficient (Wildman–Crippen LogP) is 5.76. The molecule has 0 unspecified atom stereocenters. The van der Waals surface area contributed by atoms with Crippen molar-refractivity contribution < 1.29 is 28.6 Å². The van der Waals surface area contributed by atoms with E-state index in [0.717, 1.165) is 16.8 Å². The number of aliphatic imine (C=N–C) groups is 1. The van der Waals surface area contributed by atoms with Gasteiger partial charge in [-0.2, -0.15) is 0 Å². The van der Waals surface area contributed by atoms with Crippen molar-refractivity contribution in [1.82, 2.24) is 9.88 Å². The molecule has 2 aromatic heterocycles. The van der Waals surface area contributed by atoms with Gasteiger partial charge in [0.05, 0.1) is 24.2 Å². The second-order valence-corrected chi connectivity index (χ2v) is 9.37. The van der Waals surface area contributed by atoms with Crippen LogP contribution in [0.15, 0.2) is 99.5 Å². The third-order valence-corrected chi connectivity index (χ3v) is 6.67. The van der Waals surface area contributed by atoms with E-state index >= 15 is 0 Å². The summed E-state index contributed by atoms with van der Waals surface area (Å²) in [5.41, 5.74) is 2.38. The summed E-state index contributed by atoms with van der Waals surface area (Å²) in [6.45, 7) is 0.371. The third kappa shape index (κ3) is 6.19. The molecule has 9 nitrogen and oxygen atoms in total. The van der Waals surface area contributed by atoms with Crippen molar-refractivity contribution in [3.05, 3.63) is 113 Å². The number of carboxylic acids is 1. The van der Waals surface area contributed by atoms with Crippen LogP contribution in [0.1, 0.15) is 27.4 Å². The number of amidine groups is 1. The minimum atomic E-state index is -1.15. The molecule has 0 bridgehead atoms. The molecule has 196 valence electrons. The maximum atomic E-state index is 13.5. The Morgan fingerprint density at radius 1 is 1.10 bits per heavy atom. The molecule has 39 heavy (non-hydrogen) atoms. The molecule has 10 heteroatoms. The number of carboxylic acid groups (broad SMARTS) is 1. The van der Waals surface area contributed by atoms with Crippen LogP contribution in [0.25, 0.3) is 6.08 Å². The summed E-state index contributed by atoms with van der Waals surface area (Å²) in [4.78, 5) is 35.5. The van der Waals surface area contributed by atoms with E-state index in [-0.39, 0.29) is 18.3 Å². The third-order valence-electron chi connectivity index (χ3n) is 5.66. The van der Waals surface area contributed by atoms with Crippen LogP contribution >= 0.6 is 11.8 Å². The Morgan fingerprint density at radius 2 is 1.95 bits per heavy atom. The summed E-state index contributed by atoms with van der Waals surface area (Å²) >= 11 is 1.30. The quantitative estimate of drug-likeness (QED) is 0.266. The summed E-state index contributed by atoms with van der Waals surface area (Å²) < 4.78 is 16.5. The molecule has 3 heterocycles. The van der Waals surface area contributed by atoms with Crippen LogP contribution in [0.5, 0.6) is 11.5 Å². The number of aromatic carboxylic acids is 1. The van der Waals surface area contributed by atoms with Crippen LogP contribution in [0.3, 0.4) is 0 Å². The van der Waals surface area contributed by atoms with E-state index in [9.17, 15) is 9.59 Å². The first-order valence-corrected chi connectivity index (χ1v) is 12.7. The van der Waals surface area contributed by atoms with E-state index in [2.05, 4.69) is 4.98 Å². The number of benzene rings is 2.